The van der Waals surface area contributed by atoms with Gasteiger partial charge in [-0.1, -0.05) is 0 Å². The molecule has 0 bridgehead atoms. The fourth-order valence-corrected chi connectivity index (χ4v) is 1.53. The van der Waals surface area contributed by atoms with E-state index in [1.807, 2.05) is 0 Å². The van der Waals surface area contributed by atoms with E-state index in [0.717, 1.165) is 23.9 Å². The summed E-state index contributed by atoms with van der Waals surface area (Å²) < 4.78 is 28.1. The summed E-state index contributed by atoms with van der Waals surface area (Å²) in [5.74, 6) is -0.498. The molecule has 5 heteroatoms. The molecule has 0 radical (unpaired) electrons. The Balaban J connectivity index is 2.61. The van der Waals surface area contributed by atoms with E-state index in [1.165, 1.54) is 4.57 Å². The molecule has 0 aliphatic rings. The lowest BCUT2D eigenvalue weighted by molar-refractivity contribution is 0.593. The fourth-order valence-electron chi connectivity index (χ4n) is 1.53. The third kappa shape index (κ3) is 1.76. The highest BCUT2D eigenvalue weighted by atomic mass is 19.1. The van der Waals surface area contributed by atoms with Crippen LogP contribution < -0.4 is 5.32 Å². The van der Waals surface area contributed by atoms with Crippen molar-refractivity contribution in [2.45, 2.75) is 6.92 Å². The quantitative estimate of drug-likeness (QED) is 0.847. The lowest BCUT2D eigenvalue weighted by Gasteiger charge is -2.07. The Kier molecular flexibility index (Phi) is 2.60. The summed E-state index contributed by atoms with van der Waals surface area (Å²) in [6.07, 6.45) is 1.64. The Bertz CT molecular complexity index is 520. The molecule has 0 atom stereocenters. The first-order valence-corrected chi connectivity index (χ1v) is 4.81. The van der Waals surface area contributed by atoms with Crippen LogP contribution in [0.1, 0.15) is 5.69 Å². The molecule has 0 saturated heterocycles. The fraction of sp³-hybridized carbons (Fsp3) is 0.182. The van der Waals surface area contributed by atoms with Crippen LogP contribution in [0, 0.1) is 18.6 Å². The average Bonchev–Trinajstić information content (AvgIpc) is 2.63. The monoisotopic (exact) mass is 223 g/mol. The Morgan fingerprint density at radius 2 is 2.06 bits per heavy atom. The molecule has 0 unspecified atom stereocenters. The van der Waals surface area contributed by atoms with E-state index in [-0.39, 0.29) is 5.69 Å². The molecule has 0 amide bonds. The van der Waals surface area contributed by atoms with Gasteiger partial charge in [-0.05, 0) is 19.1 Å². The van der Waals surface area contributed by atoms with Gasteiger partial charge in [-0.3, -0.25) is 4.57 Å². The molecule has 0 saturated carbocycles. The van der Waals surface area contributed by atoms with Gasteiger partial charge < -0.3 is 5.32 Å². The van der Waals surface area contributed by atoms with E-state index < -0.39 is 11.6 Å². The number of nitrogens with zero attached hydrogens (tertiary/aromatic N) is 2. The number of imidazole rings is 1. The summed E-state index contributed by atoms with van der Waals surface area (Å²) >= 11 is 0. The highest BCUT2D eigenvalue weighted by Crippen LogP contribution is 2.20. The van der Waals surface area contributed by atoms with Crippen LogP contribution in [0.5, 0.6) is 0 Å². The maximum absolute atomic E-state index is 13.5. The summed E-state index contributed by atoms with van der Waals surface area (Å²) in [7, 11) is 1.68. The van der Waals surface area contributed by atoms with Crippen molar-refractivity contribution in [1.82, 2.24) is 9.55 Å². The molecule has 16 heavy (non-hydrogen) atoms. The third-order valence-electron chi connectivity index (χ3n) is 2.22. The third-order valence-corrected chi connectivity index (χ3v) is 2.22. The van der Waals surface area contributed by atoms with E-state index in [9.17, 15) is 8.78 Å². The van der Waals surface area contributed by atoms with E-state index in [1.54, 1.807) is 20.2 Å². The first-order valence-electron chi connectivity index (χ1n) is 4.81. The number of benzene rings is 1. The SMILES string of the molecule is CNc1nc(C)cn1-c1cc(F)ccc1F. The van der Waals surface area contributed by atoms with Crippen LogP contribution in [0.15, 0.2) is 24.4 Å². The standard InChI is InChI=1S/C11H11F2N3/c1-7-6-16(11(14-2)15-7)10-5-8(12)3-4-9(10)13/h3-6H,1-2H3,(H,14,15). The predicted octanol–water partition coefficient (Wildman–Crippen LogP) is 2.50. The first-order chi connectivity index (χ1) is 7.61. The molecule has 0 spiro atoms. The Labute approximate surface area is 91.7 Å². The van der Waals surface area contributed by atoms with Gasteiger partial charge in [-0.2, -0.15) is 0 Å². The minimum Gasteiger partial charge on any atom is -0.358 e. The summed E-state index contributed by atoms with van der Waals surface area (Å²) in [4.78, 5) is 4.14. The van der Waals surface area contributed by atoms with Crippen LogP contribution in [0.2, 0.25) is 0 Å². The molecule has 1 aromatic carbocycles. The smallest absolute Gasteiger partial charge is 0.207 e. The number of anilines is 1. The van der Waals surface area contributed by atoms with Gasteiger partial charge in [0.05, 0.1) is 11.4 Å². The van der Waals surface area contributed by atoms with E-state index in [2.05, 4.69) is 10.3 Å². The summed E-state index contributed by atoms with van der Waals surface area (Å²) in [5, 5.41) is 2.82. The molecule has 1 heterocycles. The second kappa shape index (κ2) is 3.92. The predicted molar refractivity (Wildman–Crippen MR) is 57.8 cm³/mol. The van der Waals surface area contributed by atoms with Gasteiger partial charge in [0.2, 0.25) is 5.95 Å². The van der Waals surface area contributed by atoms with Crippen LogP contribution in [-0.4, -0.2) is 16.6 Å². The molecular weight excluding hydrogens is 212 g/mol. The molecular formula is C11H11F2N3. The number of nitrogens with one attached hydrogen (secondary N) is 1. The van der Waals surface area contributed by atoms with Gasteiger partial charge in [-0.25, -0.2) is 13.8 Å². The van der Waals surface area contributed by atoms with Crippen molar-refractivity contribution in [2.75, 3.05) is 12.4 Å². The lowest BCUT2D eigenvalue weighted by Crippen LogP contribution is -2.03. The van der Waals surface area contributed by atoms with Crippen molar-refractivity contribution >= 4 is 5.95 Å². The molecule has 84 valence electrons. The van der Waals surface area contributed by atoms with Gasteiger partial charge in [0.1, 0.15) is 11.6 Å². The normalized spacial score (nSPS) is 10.5. The van der Waals surface area contributed by atoms with E-state index in [0.29, 0.717) is 5.95 Å². The molecule has 3 nitrogen and oxygen atoms in total. The second-order valence-corrected chi connectivity index (χ2v) is 3.42. The van der Waals surface area contributed by atoms with Crippen molar-refractivity contribution < 1.29 is 8.78 Å². The van der Waals surface area contributed by atoms with Crippen molar-refractivity contribution in [3.05, 3.63) is 41.7 Å². The topological polar surface area (TPSA) is 29.9 Å². The number of halogens is 2. The summed E-state index contributed by atoms with van der Waals surface area (Å²) in [6, 6.07) is 3.32. The number of aromatic nitrogens is 2. The van der Waals surface area contributed by atoms with Crippen LogP contribution in [0.4, 0.5) is 14.7 Å². The van der Waals surface area contributed by atoms with Crippen molar-refractivity contribution in [3.63, 3.8) is 0 Å². The number of hydrogen-bond donors (Lipinski definition) is 1. The van der Waals surface area contributed by atoms with Crippen molar-refractivity contribution in [1.29, 1.82) is 0 Å². The van der Waals surface area contributed by atoms with Crippen LogP contribution >= 0.6 is 0 Å². The molecule has 2 rings (SSSR count). The Morgan fingerprint density at radius 3 is 2.75 bits per heavy atom. The highest BCUT2D eigenvalue weighted by Gasteiger charge is 2.11. The molecule has 0 aliphatic carbocycles. The van der Waals surface area contributed by atoms with Crippen LogP contribution in [0.3, 0.4) is 0 Å². The average molecular weight is 223 g/mol. The first kappa shape index (κ1) is 10.6. The van der Waals surface area contributed by atoms with E-state index >= 15 is 0 Å². The van der Waals surface area contributed by atoms with Crippen LogP contribution in [-0.2, 0) is 0 Å². The van der Waals surface area contributed by atoms with Crippen LogP contribution in [0.25, 0.3) is 5.69 Å². The maximum Gasteiger partial charge on any atom is 0.207 e. The summed E-state index contributed by atoms with van der Waals surface area (Å²) in [5.41, 5.74) is 0.873. The Hall–Kier alpha value is -1.91. The zero-order valence-corrected chi connectivity index (χ0v) is 8.96. The number of hydrogen-bond acceptors (Lipinski definition) is 2. The van der Waals surface area contributed by atoms with Gasteiger partial charge >= 0.3 is 0 Å². The molecule has 1 N–H and O–H groups in total. The van der Waals surface area contributed by atoms with Gasteiger partial charge in [-0.15, -0.1) is 0 Å². The summed E-state index contributed by atoms with van der Waals surface area (Å²) in [6.45, 7) is 1.79. The highest BCUT2D eigenvalue weighted by molar-refractivity contribution is 5.43. The van der Waals surface area contributed by atoms with Crippen molar-refractivity contribution in [3.8, 4) is 5.69 Å². The zero-order chi connectivity index (χ0) is 11.7. The minimum absolute atomic E-state index is 0.143. The maximum atomic E-state index is 13.5. The number of rotatable bonds is 2. The molecule has 2 aromatic rings. The van der Waals surface area contributed by atoms with Gasteiger partial charge in [0, 0.05) is 19.3 Å². The zero-order valence-electron chi connectivity index (χ0n) is 8.96. The van der Waals surface area contributed by atoms with Crippen molar-refractivity contribution in [2.24, 2.45) is 0 Å². The lowest BCUT2D eigenvalue weighted by atomic mass is 10.3. The minimum atomic E-state index is -0.490. The largest absolute Gasteiger partial charge is 0.358 e. The Morgan fingerprint density at radius 1 is 1.31 bits per heavy atom. The molecule has 1 aromatic heterocycles. The molecule has 0 fully saturated rings. The number of aryl methyl sites for hydroxylation is 1. The molecule has 0 aliphatic heterocycles. The van der Waals surface area contributed by atoms with Gasteiger partial charge in [0.25, 0.3) is 0 Å². The second-order valence-electron chi connectivity index (χ2n) is 3.42. The van der Waals surface area contributed by atoms with Gasteiger partial charge in [0.15, 0.2) is 0 Å². The van der Waals surface area contributed by atoms with E-state index in [4.69, 9.17) is 0 Å².